The Balaban J connectivity index is 1.42. The third-order valence-electron chi connectivity index (χ3n) is 6.06. The lowest BCUT2D eigenvalue weighted by Crippen LogP contribution is -2.53. The Bertz CT molecular complexity index is 1590. The van der Waals surface area contributed by atoms with Gasteiger partial charge in [-0.3, -0.25) is 14.8 Å². The van der Waals surface area contributed by atoms with Gasteiger partial charge in [-0.25, -0.2) is 17.8 Å². The number of halogens is 3. The summed E-state index contributed by atoms with van der Waals surface area (Å²) in [6.07, 6.45) is 6.74. The van der Waals surface area contributed by atoms with Gasteiger partial charge in [0.15, 0.2) is 9.84 Å². The topological polar surface area (TPSA) is 93.1 Å². The summed E-state index contributed by atoms with van der Waals surface area (Å²) in [5.41, 5.74) is 2.73. The van der Waals surface area contributed by atoms with Crippen molar-refractivity contribution in [1.29, 1.82) is 0 Å². The van der Waals surface area contributed by atoms with Crippen molar-refractivity contribution < 1.29 is 17.6 Å². The molecule has 0 saturated carbocycles. The van der Waals surface area contributed by atoms with E-state index in [4.69, 9.17) is 11.6 Å². The van der Waals surface area contributed by atoms with Crippen LogP contribution in [0.25, 0.3) is 11.3 Å². The smallest absolute Gasteiger partial charge is 0.278 e. The van der Waals surface area contributed by atoms with E-state index in [0.29, 0.717) is 26.5 Å². The Hall–Kier alpha value is -2.73. The number of hydrogen-bond acceptors (Lipinski definition) is 7. The molecule has 5 rings (SSSR count). The first-order chi connectivity index (χ1) is 17.7. The molecule has 7 nitrogen and oxygen atoms in total. The summed E-state index contributed by atoms with van der Waals surface area (Å²) in [6, 6.07) is 12.3. The SMILES string of the molecule is O=C(c1ccc(Br)c(Cl)c1)N1CCS(=O)(=O)C(F)(c2ncc(Cc3ccccc3-c3cnccn3)s2)C1. The van der Waals surface area contributed by atoms with Crippen LogP contribution in [0.15, 0.2) is 71.7 Å². The summed E-state index contributed by atoms with van der Waals surface area (Å²) in [6.45, 7) is -0.769. The number of nitrogens with zero attached hydrogens (tertiary/aromatic N) is 4. The van der Waals surface area contributed by atoms with Crippen LogP contribution in [-0.2, 0) is 21.3 Å². The Morgan fingerprint density at radius 3 is 2.73 bits per heavy atom. The molecular formula is C25H19BrClFN4O3S2. The Labute approximate surface area is 230 Å². The molecular weight excluding hydrogens is 603 g/mol. The molecule has 12 heteroatoms. The van der Waals surface area contributed by atoms with Crippen LogP contribution in [0.5, 0.6) is 0 Å². The average Bonchev–Trinajstić information content (AvgIpc) is 3.37. The first-order valence-electron chi connectivity index (χ1n) is 11.1. The number of aromatic nitrogens is 3. The second-order valence-electron chi connectivity index (χ2n) is 8.46. The molecule has 2 aromatic carbocycles. The highest BCUT2D eigenvalue weighted by Crippen LogP contribution is 2.40. The van der Waals surface area contributed by atoms with Crippen molar-refractivity contribution in [3.63, 3.8) is 0 Å². The lowest BCUT2D eigenvalue weighted by Gasteiger charge is -2.35. The zero-order valence-corrected chi connectivity index (χ0v) is 23.1. The summed E-state index contributed by atoms with van der Waals surface area (Å²) < 4.78 is 42.8. The maximum atomic E-state index is 16.4. The van der Waals surface area contributed by atoms with Gasteiger partial charge in [0.1, 0.15) is 5.01 Å². The predicted octanol–water partition coefficient (Wildman–Crippen LogP) is 5.30. The number of carbonyl (C=O) groups is 1. The predicted molar refractivity (Wildman–Crippen MR) is 144 cm³/mol. The van der Waals surface area contributed by atoms with Gasteiger partial charge in [-0.1, -0.05) is 35.9 Å². The van der Waals surface area contributed by atoms with Crippen molar-refractivity contribution in [2.45, 2.75) is 11.4 Å². The molecule has 1 aliphatic heterocycles. The molecule has 0 N–H and O–H groups in total. The molecule has 2 aromatic heterocycles. The van der Waals surface area contributed by atoms with E-state index < -0.39 is 33.0 Å². The van der Waals surface area contributed by atoms with E-state index in [9.17, 15) is 13.2 Å². The molecule has 0 bridgehead atoms. The zero-order valence-electron chi connectivity index (χ0n) is 19.1. The van der Waals surface area contributed by atoms with Crippen LogP contribution in [0.3, 0.4) is 0 Å². The van der Waals surface area contributed by atoms with Crippen molar-refractivity contribution in [2.24, 2.45) is 0 Å². The molecule has 0 radical (unpaired) electrons. The molecule has 1 unspecified atom stereocenters. The molecule has 0 aliphatic carbocycles. The molecule has 37 heavy (non-hydrogen) atoms. The summed E-state index contributed by atoms with van der Waals surface area (Å²) in [7, 11) is -4.21. The molecule has 190 valence electrons. The van der Waals surface area contributed by atoms with Gasteiger partial charge < -0.3 is 4.90 Å². The van der Waals surface area contributed by atoms with Crippen molar-refractivity contribution in [3.05, 3.63) is 97.8 Å². The average molecular weight is 622 g/mol. The number of sulfone groups is 1. The normalized spacial score (nSPS) is 19.1. The second-order valence-corrected chi connectivity index (χ2v) is 13.1. The fraction of sp³-hybridized carbons (Fsp3) is 0.200. The minimum absolute atomic E-state index is 0.121. The monoisotopic (exact) mass is 620 g/mol. The molecule has 1 atom stereocenters. The quantitative estimate of drug-likeness (QED) is 0.300. The van der Waals surface area contributed by atoms with Crippen LogP contribution in [0.4, 0.5) is 4.39 Å². The number of alkyl halides is 1. The number of benzene rings is 2. The Kier molecular flexibility index (Phi) is 7.14. The van der Waals surface area contributed by atoms with Crippen LogP contribution >= 0.6 is 38.9 Å². The fourth-order valence-electron chi connectivity index (χ4n) is 4.11. The highest BCUT2D eigenvalue weighted by molar-refractivity contribution is 9.10. The van der Waals surface area contributed by atoms with E-state index in [1.54, 1.807) is 30.7 Å². The first kappa shape index (κ1) is 25.9. The first-order valence-corrected chi connectivity index (χ1v) is 14.8. The van der Waals surface area contributed by atoms with Crippen LogP contribution in [0.1, 0.15) is 25.8 Å². The molecule has 1 fully saturated rings. The van der Waals surface area contributed by atoms with Gasteiger partial charge in [0.05, 0.1) is 29.2 Å². The standard InChI is InChI=1S/C25H19BrClFN4O3S2/c26-20-6-5-17(12-21(20)27)23(33)32-9-10-37(34,35)25(28,15-32)24-31-13-18(36-24)11-16-3-1-2-4-19(16)22-14-29-7-8-30-22/h1-8,12-14H,9-11,15H2. The van der Waals surface area contributed by atoms with Crippen molar-refractivity contribution in [2.75, 3.05) is 18.8 Å². The van der Waals surface area contributed by atoms with Crippen LogP contribution in [0, 0.1) is 0 Å². The van der Waals surface area contributed by atoms with E-state index in [-0.39, 0.29) is 17.1 Å². The van der Waals surface area contributed by atoms with E-state index in [1.807, 2.05) is 24.3 Å². The molecule has 4 aromatic rings. The van der Waals surface area contributed by atoms with Gasteiger partial charge >= 0.3 is 0 Å². The van der Waals surface area contributed by atoms with Gasteiger partial charge in [0.25, 0.3) is 10.9 Å². The highest BCUT2D eigenvalue weighted by atomic mass is 79.9. The van der Waals surface area contributed by atoms with Gasteiger partial charge in [-0.05, 0) is 39.7 Å². The Morgan fingerprint density at radius 2 is 1.97 bits per heavy atom. The maximum absolute atomic E-state index is 16.4. The third kappa shape index (κ3) is 5.05. The highest BCUT2D eigenvalue weighted by Gasteiger charge is 2.53. The number of amides is 1. The van der Waals surface area contributed by atoms with Crippen molar-refractivity contribution >= 4 is 54.6 Å². The van der Waals surface area contributed by atoms with Gasteiger partial charge in [0.2, 0.25) is 0 Å². The summed E-state index contributed by atoms with van der Waals surface area (Å²) in [5, 5.41) is -2.67. The summed E-state index contributed by atoms with van der Waals surface area (Å²) >= 11 is 10.4. The minimum atomic E-state index is -4.21. The second kappa shape index (κ2) is 10.2. The van der Waals surface area contributed by atoms with E-state index >= 15 is 4.39 Å². The molecule has 0 spiro atoms. The molecule has 1 aliphatic rings. The number of carbonyl (C=O) groups excluding carboxylic acids is 1. The molecule has 1 amide bonds. The molecule has 3 heterocycles. The summed E-state index contributed by atoms with van der Waals surface area (Å²) in [5.74, 6) is -1.01. The fourth-order valence-corrected chi connectivity index (χ4v) is 7.41. The van der Waals surface area contributed by atoms with Gasteiger partial charge in [0, 0.05) is 52.0 Å². The minimum Gasteiger partial charge on any atom is -0.333 e. The van der Waals surface area contributed by atoms with Gasteiger partial charge in [-0.15, -0.1) is 11.3 Å². The third-order valence-corrected chi connectivity index (χ3v) is 10.6. The largest absolute Gasteiger partial charge is 0.333 e. The number of thiazole rings is 1. The molecule has 1 saturated heterocycles. The lowest BCUT2D eigenvalue weighted by atomic mass is 10.0. The number of rotatable bonds is 5. The van der Waals surface area contributed by atoms with Crippen molar-refractivity contribution in [1.82, 2.24) is 19.9 Å². The van der Waals surface area contributed by atoms with Crippen LogP contribution in [-0.4, -0.2) is 53.0 Å². The Morgan fingerprint density at radius 1 is 1.16 bits per heavy atom. The summed E-state index contributed by atoms with van der Waals surface area (Å²) in [4.78, 5) is 27.6. The van der Waals surface area contributed by atoms with Crippen molar-refractivity contribution in [3.8, 4) is 11.3 Å². The lowest BCUT2D eigenvalue weighted by molar-refractivity contribution is 0.0666. The number of hydrogen-bond donors (Lipinski definition) is 0. The maximum Gasteiger partial charge on any atom is 0.278 e. The van der Waals surface area contributed by atoms with E-state index in [0.717, 1.165) is 22.5 Å². The zero-order chi connectivity index (χ0) is 26.2. The van der Waals surface area contributed by atoms with E-state index in [2.05, 4.69) is 30.9 Å². The van der Waals surface area contributed by atoms with Crippen LogP contribution in [0.2, 0.25) is 5.02 Å². The van der Waals surface area contributed by atoms with Gasteiger partial charge in [-0.2, -0.15) is 0 Å². The van der Waals surface area contributed by atoms with E-state index in [1.165, 1.54) is 17.2 Å². The van der Waals surface area contributed by atoms with Crippen LogP contribution < -0.4 is 0 Å².